The number of alkyl halides is 3. The Morgan fingerprint density at radius 3 is 2.44 bits per heavy atom. The number of nitrogens with zero attached hydrogens (tertiary/aromatic N) is 2. The Morgan fingerprint density at radius 2 is 1.85 bits per heavy atom. The lowest BCUT2D eigenvalue weighted by molar-refractivity contribution is -0.137. The quantitative estimate of drug-likeness (QED) is 0.435. The summed E-state index contributed by atoms with van der Waals surface area (Å²) < 4.78 is 50.7. The maximum absolute atomic E-state index is 13.2. The minimum Gasteiger partial charge on any atom is -0.465 e. The van der Waals surface area contributed by atoms with Gasteiger partial charge in [-0.3, -0.25) is 9.80 Å². The first-order valence-electron chi connectivity index (χ1n) is 10.5. The van der Waals surface area contributed by atoms with Crippen LogP contribution in [0.5, 0.6) is 0 Å². The third-order valence-electron chi connectivity index (χ3n) is 6.17. The van der Waals surface area contributed by atoms with Crippen molar-refractivity contribution in [1.82, 2.24) is 4.90 Å². The van der Waals surface area contributed by atoms with E-state index >= 15 is 0 Å². The molecule has 0 unspecified atom stereocenters. The number of amides is 1. The Kier molecular flexibility index (Phi) is 6.85. The normalized spacial score (nSPS) is 18.3. The van der Waals surface area contributed by atoms with Crippen molar-refractivity contribution in [3.8, 4) is 0 Å². The standard InChI is InChI=1S/C23H21BrClF3N2O4/c1-33-20(31)14-2-4-16(5-3-14)30-13-22(34-21(30)32)6-8-29(9-7-22)12-15-10-17(23(26,27)28)19(25)11-18(15)24/h2-5,10-11H,6-9,12-13H2,1H3. The summed E-state index contributed by atoms with van der Waals surface area (Å²) >= 11 is 9.09. The highest BCUT2D eigenvalue weighted by Crippen LogP contribution is 2.39. The van der Waals surface area contributed by atoms with Crippen molar-refractivity contribution >= 4 is 45.3 Å². The molecule has 2 saturated heterocycles. The topological polar surface area (TPSA) is 59.1 Å². The Bertz CT molecular complexity index is 1100. The van der Waals surface area contributed by atoms with Crippen LogP contribution in [-0.2, 0) is 22.2 Å². The maximum atomic E-state index is 13.2. The lowest BCUT2D eigenvalue weighted by Gasteiger charge is -2.37. The molecule has 2 aromatic rings. The fourth-order valence-electron chi connectivity index (χ4n) is 4.27. The largest absolute Gasteiger partial charge is 0.465 e. The number of rotatable bonds is 4. The minimum absolute atomic E-state index is 0.309. The molecule has 6 nitrogen and oxygen atoms in total. The molecule has 2 aliphatic rings. The second-order valence-corrected chi connectivity index (χ2v) is 9.63. The van der Waals surface area contributed by atoms with Crippen molar-refractivity contribution in [3.05, 3.63) is 62.6 Å². The number of carbonyl (C=O) groups is 2. The first-order valence-corrected chi connectivity index (χ1v) is 11.6. The summed E-state index contributed by atoms with van der Waals surface area (Å²) in [6.45, 7) is 1.78. The summed E-state index contributed by atoms with van der Waals surface area (Å²) in [5.74, 6) is -0.464. The van der Waals surface area contributed by atoms with Crippen molar-refractivity contribution in [2.45, 2.75) is 31.2 Å². The third-order valence-corrected chi connectivity index (χ3v) is 7.22. The van der Waals surface area contributed by atoms with E-state index in [2.05, 4.69) is 20.7 Å². The van der Waals surface area contributed by atoms with Gasteiger partial charge in [0, 0.05) is 42.6 Å². The molecule has 0 aromatic heterocycles. The Labute approximate surface area is 207 Å². The first-order chi connectivity index (χ1) is 16.0. The zero-order valence-electron chi connectivity index (χ0n) is 18.1. The van der Waals surface area contributed by atoms with Crippen LogP contribution in [0.3, 0.4) is 0 Å². The second-order valence-electron chi connectivity index (χ2n) is 8.37. The first kappa shape index (κ1) is 24.8. The maximum Gasteiger partial charge on any atom is 0.417 e. The highest BCUT2D eigenvalue weighted by molar-refractivity contribution is 9.10. The molecular formula is C23H21BrClF3N2O4. The summed E-state index contributed by atoms with van der Waals surface area (Å²) in [4.78, 5) is 27.8. The molecule has 0 aliphatic carbocycles. The molecule has 2 fully saturated rings. The lowest BCUT2D eigenvalue weighted by atomic mass is 9.91. The molecule has 0 N–H and O–H groups in total. The van der Waals surface area contributed by atoms with Crippen LogP contribution < -0.4 is 4.90 Å². The highest BCUT2D eigenvalue weighted by Gasteiger charge is 2.47. The van der Waals surface area contributed by atoms with Crippen LogP contribution >= 0.6 is 27.5 Å². The van der Waals surface area contributed by atoms with Crippen LogP contribution in [-0.4, -0.2) is 49.3 Å². The summed E-state index contributed by atoms with van der Waals surface area (Å²) in [7, 11) is 1.30. The number of likely N-dealkylation sites (tertiary alicyclic amines) is 1. The van der Waals surface area contributed by atoms with Gasteiger partial charge in [-0.2, -0.15) is 13.2 Å². The fourth-order valence-corrected chi connectivity index (χ4v) is 5.14. The van der Waals surface area contributed by atoms with E-state index in [-0.39, 0.29) is 5.02 Å². The average molecular weight is 562 g/mol. The number of hydrogen-bond acceptors (Lipinski definition) is 5. The number of carbonyl (C=O) groups excluding carboxylic acids is 2. The van der Waals surface area contributed by atoms with Crippen molar-refractivity contribution in [2.75, 3.05) is 31.6 Å². The van der Waals surface area contributed by atoms with E-state index in [4.69, 9.17) is 16.3 Å². The van der Waals surface area contributed by atoms with Gasteiger partial charge in [0.1, 0.15) is 5.60 Å². The summed E-state index contributed by atoms with van der Waals surface area (Å²) in [5.41, 5.74) is -0.0448. The average Bonchev–Trinajstić information content (AvgIpc) is 3.11. The molecule has 0 radical (unpaired) electrons. The number of methoxy groups -OCH3 is 1. The van der Waals surface area contributed by atoms with Gasteiger partial charge in [-0.1, -0.05) is 27.5 Å². The predicted octanol–water partition coefficient (Wildman–Crippen LogP) is 5.90. The molecule has 2 aromatic carbocycles. The molecule has 1 amide bonds. The van der Waals surface area contributed by atoms with E-state index in [9.17, 15) is 22.8 Å². The molecule has 2 heterocycles. The van der Waals surface area contributed by atoms with Gasteiger partial charge in [0.05, 0.1) is 29.8 Å². The van der Waals surface area contributed by atoms with Gasteiger partial charge in [-0.05, 0) is 42.0 Å². The molecule has 0 saturated carbocycles. The molecule has 4 rings (SSSR count). The SMILES string of the molecule is COC(=O)c1ccc(N2CC3(CCN(Cc4cc(C(F)(F)F)c(Cl)cc4Br)CC3)OC2=O)cc1. The zero-order chi connectivity index (χ0) is 24.7. The summed E-state index contributed by atoms with van der Waals surface area (Å²) in [6.07, 6.45) is -3.90. The van der Waals surface area contributed by atoms with E-state index < -0.39 is 29.4 Å². The van der Waals surface area contributed by atoms with Gasteiger partial charge in [-0.25, -0.2) is 9.59 Å². The summed E-state index contributed by atoms with van der Waals surface area (Å²) in [6, 6.07) is 8.84. The van der Waals surface area contributed by atoms with Crippen LogP contribution in [0, 0.1) is 0 Å². The van der Waals surface area contributed by atoms with E-state index in [1.165, 1.54) is 18.1 Å². The third kappa shape index (κ3) is 5.04. The zero-order valence-corrected chi connectivity index (χ0v) is 20.5. The number of hydrogen-bond donors (Lipinski definition) is 0. The second kappa shape index (κ2) is 9.39. The lowest BCUT2D eigenvalue weighted by Crippen LogP contribution is -2.46. The van der Waals surface area contributed by atoms with Crippen LogP contribution in [0.2, 0.25) is 5.02 Å². The van der Waals surface area contributed by atoms with E-state index in [0.717, 1.165) is 6.07 Å². The van der Waals surface area contributed by atoms with Crippen molar-refractivity contribution < 1.29 is 32.2 Å². The predicted molar refractivity (Wildman–Crippen MR) is 123 cm³/mol. The van der Waals surface area contributed by atoms with Gasteiger partial charge in [0.15, 0.2) is 0 Å². The smallest absolute Gasteiger partial charge is 0.417 e. The molecule has 11 heteroatoms. The van der Waals surface area contributed by atoms with Crippen molar-refractivity contribution in [1.29, 1.82) is 0 Å². The number of ether oxygens (including phenoxy) is 2. The van der Waals surface area contributed by atoms with Crippen LogP contribution in [0.4, 0.5) is 23.7 Å². The summed E-state index contributed by atoms with van der Waals surface area (Å²) in [5, 5.41) is -0.349. The van der Waals surface area contributed by atoms with Gasteiger partial charge in [0.25, 0.3) is 0 Å². The molecule has 34 heavy (non-hydrogen) atoms. The molecule has 182 valence electrons. The van der Waals surface area contributed by atoms with Crippen molar-refractivity contribution in [2.24, 2.45) is 0 Å². The number of esters is 1. The Hall–Kier alpha value is -2.30. The van der Waals surface area contributed by atoms with Crippen LogP contribution in [0.1, 0.15) is 34.3 Å². The number of piperidine rings is 1. The molecule has 0 bridgehead atoms. The number of halogens is 5. The van der Waals surface area contributed by atoms with Crippen LogP contribution in [0.15, 0.2) is 40.9 Å². The van der Waals surface area contributed by atoms with E-state index in [0.29, 0.717) is 60.3 Å². The number of anilines is 1. The molecule has 1 spiro atoms. The van der Waals surface area contributed by atoms with Gasteiger partial charge in [-0.15, -0.1) is 0 Å². The van der Waals surface area contributed by atoms with Gasteiger partial charge >= 0.3 is 18.2 Å². The van der Waals surface area contributed by atoms with Gasteiger partial charge < -0.3 is 9.47 Å². The Balaban J connectivity index is 1.41. The highest BCUT2D eigenvalue weighted by atomic mass is 79.9. The van der Waals surface area contributed by atoms with E-state index in [1.54, 1.807) is 24.3 Å². The Morgan fingerprint density at radius 1 is 1.21 bits per heavy atom. The molecular weight excluding hydrogens is 541 g/mol. The monoisotopic (exact) mass is 560 g/mol. The minimum atomic E-state index is -4.53. The molecule has 0 atom stereocenters. The van der Waals surface area contributed by atoms with Crippen LogP contribution in [0.25, 0.3) is 0 Å². The van der Waals surface area contributed by atoms with E-state index in [1.807, 2.05) is 4.90 Å². The van der Waals surface area contributed by atoms with Gasteiger partial charge in [0.2, 0.25) is 0 Å². The molecule has 2 aliphatic heterocycles. The number of benzene rings is 2. The fraction of sp³-hybridized carbons (Fsp3) is 0.391. The van der Waals surface area contributed by atoms with Crippen molar-refractivity contribution in [3.63, 3.8) is 0 Å².